The van der Waals surface area contributed by atoms with Crippen molar-refractivity contribution in [1.82, 2.24) is 0 Å². The van der Waals surface area contributed by atoms with Crippen LogP contribution in [-0.2, 0) is 42.6 Å². The Balaban J connectivity index is 0.860. The second-order valence-electron chi connectivity index (χ2n) is 17.3. The third kappa shape index (κ3) is 6.78. The molecule has 9 aliphatic heterocycles. The van der Waals surface area contributed by atoms with Crippen molar-refractivity contribution in [1.29, 1.82) is 0 Å². The zero-order valence-electron chi connectivity index (χ0n) is 30.1. The van der Waals surface area contributed by atoms with Gasteiger partial charge in [-0.2, -0.15) is 0 Å². The van der Waals surface area contributed by atoms with Gasteiger partial charge in [0.15, 0.2) is 0 Å². The molecule has 0 aliphatic carbocycles. The predicted octanol–water partition coefficient (Wildman–Crippen LogP) is 1.62. The summed E-state index contributed by atoms with van der Waals surface area (Å²) in [6.45, 7) is 5.97. The maximum atomic E-state index is 11.6. The van der Waals surface area contributed by atoms with Gasteiger partial charge in [0.1, 0.15) is 12.2 Å². The van der Waals surface area contributed by atoms with E-state index in [4.69, 9.17) is 42.6 Å². The number of hydrogen-bond acceptors (Lipinski definition) is 13. The van der Waals surface area contributed by atoms with Gasteiger partial charge in [-0.25, -0.2) is 0 Å². The molecule has 13 heteroatoms. The van der Waals surface area contributed by atoms with Gasteiger partial charge < -0.3 is 63.1 Å². The Kier molecular flexibility index (Phi) is 9.90. The molecule has 0 unspecified atom stereocenters. The summed E-state index contributed by atoms with van der Waals surface area (Å²) in [5, 5.41) is 42.7. The third-order valence-electron chi connectivity index (χ3n) is 13.6. The quantitative estimate of drug-likeness (QED) is 0.311. The van der Waals surface area contributed by atoms with Gasteiger partial charge in [0.2, 0.25) is 0 Å². The van der Waals surface area contributed by atoms with E-state index in [2.05, 4.69) is 6.92 Å². The Morgan fingerprint density at radius 1 is 0.588 bits per heavy atom. The fraction of sp³-hybridized carbons (Fsp3) is 0.947. The maximum Gasteiger partial charge on any atom is 0.110 e. The van der Waals surface area contributed by atoms with Crippen molar-refractivity contribution in [3.63, 3.8) is 0 Å². The number of hydrogen-bond donors (Lipinski definition) is 4. The van der Waals surface area contributed by atoms with E-state index in [0.29, 0.717) is 44.9 Å². The SMILES string of the molecule is C/C(=C\C[C@H]1C[C@@H]2O[C@@H]3C[C@@H]4O[C@@H]5C[C@@H]6O[C@@H]7CC[C@@H]8O[C@@H]9C[C@H](O)[C@@H](C)O[C@H]9C[C@H]8O[C@@]7(C)C[C@H]6O[C@H]5[C@@H](O)C[C@H]4O[C@H]3[C@@H](O)C[C@H]2O1)CO. The molecule has 4 N–H and O–H groups in total. The van der Waals surface area contributed by atoms with E-state index in [1.165, 1.54) is 0 Å². The average molecular weight is 723 g/mol. The lowest BCUT2D eigenvalue weighted by Gasteiger charge is -2.53. The molecule has 9 heterocycles. The highest BCUT2D eigenvalue weighted by Crippen LogP contribution is 2.48. The number of aliphatic hydroxyl groups is 4. The van der Waals surface area contributed by atoms with Crippen molar-refractivity contribution in [3.05, 3.63) is 11.6 Å². The molecule has 0 spiro atoms. The Bertz CT molecular complexity index is 1280. The molecule has 0 aromatic heterocycles. The second-order valence-corrected chi connectivity index (χ2v) is 17.3. The highest BCUT2D eigenvalue weighted by molar-refractivity contribution is 5.07. The zero-order chi connectivity index (χ0) is 35.2. The summed E-state index contributed by atoms with van der Waals surface area (Å²) in [7, 11) is 0. The highest BCUT2D eigenvalue weighted by Gasteiger charge is 2.59. The minimum atomic E-state index is -0.806. The molecule has 13 nitrogen and oxygen atoms in total. The molecule has 0 radical (unpaired) electrons. The van der Waals surface area contributed by atoms with Crippen LogP contribution in [0, 0.1) is 0 Å². The van der Waals surface area contributed by atoms with Gasteiger partial charge in [-0.1, -0.05) is 11.6 Å². The molecule has 21 atom stereocenters. The van der Waals surface area contributed by atoms with Crippen LogP contribution in [0.3, 0.4) is 0 Å². The largest absolute Gasteiger partial charge is 0.392 e. The molecule has 9 fully saturated rings. The number of aliphatic hydroxyl groups excluding tert-OH is 4. The van der Waals surface area contributed by atoms with E-state index < -0.39 is 42.2 Å². The lowest BCUT2D eigenvalue weighted by molar-refractivity contribution is -0.307. The van der Waals surface area contributed by atoms with Gasteiger partial charge in [-0.3, -0.25) is 0 Å². The van der Waals surface area contributed by atoms with Crippen LogP contribution in [0.15, 0.2) is 11.6 Å². The Hall–Kier alpha value is -0.780. The lowest BCUT2D eigenvalue weighted by atomic mass is 9.81. The first kappa shape index (κ1) is 35.9. The predicted molar refractivity (Wildman–Crippen MR) is 178 cm³/mol. The van der Waals surface area contributed by atoms with Crippen molar-refractivity contribution in [2.75, 3.05) is 6.61 Å². The standard InChI is InChI=1S/C38H58O13/c1-17(16-39)4-5-19-8-24-25(44-19)10-21(41)36-32(46-24)13-29-27(49-36)11-22(42)37-33(47-29)14-30-34(50-37)15-38(3)35(48-30)7-6-23-31(51-38)12-28-26(45-23)9-20(40)18(2)43-28/h4,18-37,39-42H,5-16H2,1-3H3/b17-4+/t18-,19+,20+,21+,22+,23+,24+,25-,26-,27-,28+,29+,30+,31-,32-,33-,34-,35-,36+,37+,38+/m1/s1. The Morgan fingerprint density at radius 2 is 1.14 bits per heavy atom. The summed E-state index contributed by atoms with van der Waals surface area (Å²) in [4.78, 5) is 0. The Morgan fingerprint density at radius 3 is 1.86 bits per heavy atom. The van der Waals surface area contributed by atoms with Crippen LogP contribution in [0.4, 0.5) is 0 Å². The molecule has 0 aromatic rings. The number of ether oxygens (including phenoxy) is 9. The first-order chi connectivity index (χ1) is 24.5. The fourth-order valence-corrected chi connectivity index (χ4v) is 10.8. The van der Waals surface area contributed by atoms with E-state index in [0.717, 1.165) is 31.3 Å². The van der Waals surface area contributed by atoms with Crippen molar-refractivity contribution in [2.24, 2.45) is 0 Å². The van der Waals surface area contributed by atoms with E-state index in [9.17, 15) is 20.4 Å². The smallest absolute Gasteiger partial charge is 0.110 e. The topological polar surface area (TPSA) is 164 Å². The van der Waals surface area contributed by atoms with Crippen LogP contribution in [-0.4, -0.2) is 155 Å². The molecule has 9 rings (SSSR count). The highest BCUT2D eigenvalue weighted by atomic mass is 16.6. The van der Waals surface area contributed by atoms with Crippen LogP contribution in [0.2, 0.25) is 0 Å². The van der Waals surface area contributed by atoms with Gasteiger partial charge in [-0.15, -0.1) is 0 Å². The molecule has 0 amide bonds. The van der Waals surface area contributed by atoms with Crippen LogP contribution >= 0.6 is 0 Å². The van der Waals surface area contributed by atoms with Crippen LogP contribution < -0.4 is 0 Å². The lowest BCUT2D eigenvalue weighted by Crippen LogP contribution is -2.63. The summed E-state index contributed by atoms with van der Waals surface area (Å²) in [6, 6.07) is 0. The molecule has 9 aliphatic rings. The molecule has 0 aromatic carbocycles. The van der Waals surface area contributed by atoms with E-state index in [1.807, 2.05) is 19.9 Å². The van der Waals surface area contributed by atoms with Gasteiger partial charge in [0.25, 0.3) is 0 Å². The fourth-order valence-electron chi connectivity index (χ4n) is 10.8. The van der Waals surface area contributed by atoms with Gasteiger partial charge >= 0.3 is 0 Å². The first-order valence-electron chi connectivity index (χ1n) is 19.8. The minimum Gasteiger partial charge on any atom is -0.392 e. The van der Waals surface area contributed by atoms with E-state index >= 15 is 0 Å². The summed E-state index contributed by atoms with van der Waals surface area (Å²) in [5.41, 5.74) is 0.322. The Labute approximate surface area is 300 Å². The molecule has 288 valence electrons. The monoisotopic (exact) mass is 722 g/mol. The minimum absolute atomic E-state index is 0.0243. The second kappa shape index (κ2) is 14.1. The number of fused-ring (bicyclic) bond motifs is 8. The van der Waals surface area contributed by atoms with Gasteiger partial charge in [-0.05, 0) is 40.0 Å². The van der Waals surface area contributed by atoms with Crippen molar-refractivity contribution >= 4 is 0 Å². The molecular formula is C38H58O13. The number of rotatable bonds is 3. The van der Waals surface area contributed by atoms with Gasteiger partial charge in [0, 0.05) is 51.4 Å². The van der Waals surface area contributed by atoms with E-state index in [1.54, 1.807) is 0 Å². The summed E-state index contributed by atoms with van der Waals surface area (Å²) >= 11 is 0. The van der Waals surface area contributed by atoms with Crippen LogP contribution in [0.1, 0.15) is 91.4 Å². The normalized spacial score (nSPS) is 57.0. The van der Waals surface area contributed by atoms with Crippen molar-refractivity contribution in [2.45, 2.75) is 219 Å². The average Bonchev–Trinajstić information content (AvgIpc) is 3.26. The van der Waals surface area contributed by atoms with Crippen molar-refractivity contribution < 1.29 is 63.1 Å². The van der Waals surface area contributed by atoms with Gasteiger partial charge in [0.05, 0.1) is 122 Å². The van der Waals surface area contributed by atoms with Crippen LogP contribution in [0.25, 0.3) is 0 Å². The molecule has 9 saturated heterocycles. The molecule has 51 heavy (non-hydrogen) atoms. The summed E-state index contributed by atoms with van der Waals surface area (Å²) in [6.07, 6.45) is 2.56. The molecule has 0 bridgehead atoms. The van der Waals surface area contributed by atoms with Crippen molar-refractivity contribution in [3.8, 4) is 0 Å². The first-order valence-corrected chi connectivity index (χ1v) is 19.8. The molecular weight excluding hydrogens is 664 g/mol. The zero-order valence-corrected chi connectivity index (χ0v) is 30.1. The van der Waals surface area contributed by atoms with Crippen LogP contribution in [0.5, 0.6) is 0 Å². The maximum absolute atomic E-state index is 11.6. The van der Waals surface area contributed by atoms with E-state index in [-0.39, 0.29) is 92.1 Å². The third-order valence-corrected chi connectivity index (χ3v) is 13.6. The summed E-state index contributed by atoms with van der Waals surface area (Å²) < 4.78 is 59.5. The molecule has 0 saturated carbocycles. The summed E-state index contributed by atoms with van der Waals surface area (Å²) in [5.74, 6) is 0.